The van der Waals surface area contributed by atoms with Crippen LogP contribution in [0.5, 0.6) is 0 Å². The molecular formula is C15H13F3N2O2. The number of amides is 2. The highest BCUT2D eigenvalue weighted by Gasteiger charge is 2.11. The number of urea groups is 1. The molecule has 1 atom stereocenters. The third-order valence-corrected chi connectivity index (χ3v) is 2.89. The first-order valence-electron chi connectivity index (χ1n) is 6.39. The fourth-order valence-corrected chi connectivity index (χ4v) is 1.75. The van der Waals surface area contributed by atoms with Gasteiger partial charge in [0.05, 0.1) is 11.8 Å². The number of hydrogen-bond donors (Lipinski definition) is 3. The number of hydrogen-bond acceptors (Lipinski definition) is 2. The summed E-state index contributed by atoms with van der Waals surface area (Å²) >= 11 is 0. The average Bonchev–Trinajstić information content (AvgIpc) is 2.49. The SMILES string of the molecule is O=C(NC[C@H](O)c1ccc(F)cc1)Nc1cc(F)ccc1F. The maximum absolute atomic E-state index is 13.3. The highest BCUT2D eigenvalue weighted by Crippen LogP contribution is 2.15. The molecule has 0 saturated heterocycles. The van der Waals surface area contributed by atoms with Gasteiger partial charge in [-0.25, -0.2) is 18.0 Å². The van der Waals surface area contributed by atoms with Gasteiger partial charge in [0.25, 0.3) is 0 Å². The Kier molecular flexibility index (Phi) is 5.00. The van der Waals surface area contributed by atoms with Crippen LogP contribution in [0.3, 0.4) is 0 Å². The number of rotatable bonds is 4. The molecule has 0 fully saturated rings. The molecule has 7 heteroatoms. The minimum Gasteiger partial charge on any atom is -0.387 e. The van der Waals surface area contributed by atoms with Crippen molar-refractivity contribution in [1.29, 1.82) is 0 Å². The van der Waals surface area contributed by atoms with Crippen LogP contribution in [0, 0.1) is 17.5 Å². The molecule has 0 aliphatic heterocycles. The molecule has 0 bridgehead atoms. The summed E-state index contributed by atoms with van der Waals surface area (Å²) in [5, 5.41) is 14.3. The molecule has 4 nitrogen and oxygen atoms in total. The first-order chi connectivity index (χ1) is 10.5. The monoisotopic (exact) mass is 310 g/mol. The highest BCUT2D eigenvalue weighted by molar-refractivity contribution is 5.89. The number of nitrogens with one attached hydrogen (secondary N) is 2. The quantitative estimate of drug-likeness (QED) is 0.813. The smallest absolute Gasteiger partial charge is 0.319 e. The van der Waals surface area contributed by atoms with Gasteiger partial charge in [-0.3, -0.25) is 0 Å². The van der Waals surface area contributed by atoms with E-state index in [0.717, 1.165) is 18.2 Å². The Morgan fingerprint density at radius 3 is 2.36 bits per heavy atom. The van der Waals surface area contributed by atoms with Gasteiger partial charge in [0, 0.05) is 12.6 Å². The van der Waals surface area contributed by atoms with Crippen molar-refractivity contribution in [2.24, 2.45) is 0 Å². The Bertz CT molecular complexity index is 662. The van der Waals surface area contributed by atoms with E-state index in [-0.39, 0.29) is 12.2 Å². The van der Waals surface area contributed by atoms with Gasteiger partial charge >= 0.3 is 6.03 Å². The van der Waals surface area contributed by atoms with Crippen LogP contribution in [0.25, 0.3) is 0 Å². The standard InChI is InChI=1S/C15H13F3N2O2/c16-10-3-1-9(2-4-10)14(21)8-19-15(22)20-13-7-11(17)5-6-12(13)18/h1-7,14,21H,8H2,(H2,19,20,22)/t14-/m0/s1. The molecule has 116 valence electrons. The molecule has 2 aromatic rings. The van der Waals surface area contributed by atoms with E-state index in [1.807, 2.05) is 0 Å². The molecule has 0 aliphatic carbocycles. The van der Waals surface area contributed by atoms with Crippen molar-refractivity contribution in [3.8, 4) is 0 Å². The van der Waals surface area contributed by atoms with Crippen molar-refractivity contribution in [2.45, 2.75) is 6.10 Å². The molecular weight excluding hydrogens is 297 g/mol. The van der Waals surface area contributed by atoms with Gasteiger partial charge in [0.1, 0.15) is 17.5 Å². The van der Waals surface area contributed by atoms with Gasteiger partial charge in [-0.15, -0.1) is 0 Å². The summed E-state index contributed by atoms with van der Waals surface area (Å²) in [6, 6.07) is 6.98. The van der Waals surface area contributed by atoms with Crippen LogP contribution in [-0.4, -0.2) is 17.7 Å². The van der Waals surface area contributed by atoms with E-state index in [1.165, 1.54) is 24.3 Å². The van der Waals surface area contributed by atoms with Crippen LogP contribution in [0.2, 0.25) is 0 Å². The summed E-state index contributed by atoms with van der Waals surface area (Å²) < 4.78 is 39.0. The number of halogens is 3. The molecule has 2 rings (SSSR count). The summed E-state index contributed by atoms with van der Waals surface area (Å²) in [4.78, 5) is 11.6. The predicted octanol–water partition coefficient (Wildman–Crippen LogP) is 2.96. The number of aliphatic hydroxyl groups excluding tert-OH is 1. The number of benzene rings is 2. The van der Waals surface area contributed by atoms with Crippen molar-refractivity contribution < 1.29 is 23.1 Å². The van der Waals surface area contributed by atoms with E-state index in [1.54, 1.807) is 0 Å². The van der Waals surface area contributed by atoms with Crippen LogP contribution in [-0.2, 0) is 0 Å². The average molecular weight is 310 g/mol. The number of carbonyl (C=O) groups is 1. The molecule has 22 heavy (non-hydrogen) atoms. The first kappa shape index (κ1) is 15.8. The Morgan fingerprint density at radius 2 is 1.68 bits per heavy atom. The summed E-state index contributed by atoms with van der Waals surface area (Å²) in [7, 11) is 0. The van der Waals surface area contributed by atoms with Crippen LogP contribution >= 0.6 is 0 Å². The van der Waals surface area contributed by atoms with Gasteiger partial charge in [0.15, 0.2) is 0 Å². The van der Waals surface area contributed by atoms with Crippen LogP contribution in [0.15, 0.2) is 42.5 Å². The largest absolute Gasteiger partial charge is 0.387 e. The molecule has 0 aromatic heterocycles. The molecule has 2 aromatic carbocycles. The predicted molar refractivity (Wildman–Crippen MR) is 74.7 cm³/mol. The van der Waals surface area contributed by atoms with Crippen LogP contribution in [0.4, 0.5) is 23.7 Å². The second-order valence-electron chi connectivity index (χ2n) is 4.53. The van der Waals surface area contributed by atoms with Gasteiger partial charge in [-0.2, -0.15) is 0 Å². The van der Waals surface area contributed by atoms with Crippen molar-refractivity contribution in [3.63, 3.8) is 0 Å². The van der Waals surface area contributed by atoms with Crippen molar-refractivity contribution in [3.05, 3.63) is 65.5 Å². The van der Waals surface area contributed by atoms with Crippen molar-refractivity contribution in [1.82, 2.24) is 5.32 Å². The maximum Gasteiger partial charge on any atom is 0.319 e. The van der Waals surface area contributed by atoms with Crippen LogP contribution in [0.1, 0.15) is 11.7 Å². The molecule has 3 N–H and O–H groups in total. The van der Waals surface area contributed by atoms with E-state index in [9.17, 15) is 23.1 Å². The number of aliphatic hydroxyl groups is 1. The van der Waals surface area contributed by atoms with Gasteiger partial charge < -0.3 is 15.7 Å². The van der Waals surface area contributed by atoms with E-state index in [0.29, 0.717) is 5.56 Å². The number of carbonyl (C=O) groups excluding carboxylic acids is 1. The van der Waals surface area contributed by atoms with Gasteiger partial charge in [0.2, 0.25) is 0 Å². The van der Waals surface area contributed by atoms with Crippen molar-refractivity contribution in [2.75, 3.05) is 11.9 Å². The second kappa shape index (κ2) is 6.95. The Hall–Kier alpha value is -2.54. The highest BCUT2D eigenvalue weighted by atomic mass is 19.1. The molecule has 2 amide bonds. The van der Waals surface area contributed by atoms with E-state index in [4.69, 9.17) is 0 Å². The van der Waals surface area contributed by atoms with E-state index < -0.39 is 29.6 Å². The fraction of sp³-hybridized carbons (Fsp3) is 0.133. The summed E-state index contributed by atoms with van der Waals surface area (Å²) in [5.41, 5.74) is 0.104. The third-order valence-electron chi connectivity index (χ3n) is 2.89. The lowest BCUT2D eigenvalue weighted by Gasteiger charge is -2.13. The fourth-order valence-electron chi connectivity index (χ4n) is 1.75. The summed E-state index contributed by atoms with van der Waals surface area (Å²) in [6.07, 6.45) is -1.05. The van der Waals surface area contributed by atoms with Gasteiger partial charge in [-0.1, -0.05) is 12.1 Å². The normalized spacial score (nSPS) is 11.8. The molecule has 0 radical (unpaired) electrons. The zero-order chi connectivity index (χ0) is 16.1. The Labute approximate surface area is 124 Å². The van der Waals surface area contributed by atoms with E-state index in [2.05, 4.69) is 10.6 Å². The lowest BCUT2D eigenvalue weighted by Crippen LogP contribution is -2.32. The van der Waals surface area contributed by atoms with Gasteiger partial charge in [-0.05, 0) is 29.8 Å². The molecule has 0 aliphatic rings. The molecule has 0 unspecified atom stereocenters. The lowest BCUT2D eigenvalue weighted by molar-refractivity contribution is 0.175. The zero-order valence-corrected chi connectivity index (χ0v) is 11.3. The first-order valence-corrected chi connectivity index (χ1v) is 6.39. The minimum atomic E-state index is -1.05. The zero-order valence-electron chi connectivity index (χ0n) is 11.3. The molecule has 0 heterocycles. The summed E-state index contributed by atoms with van der Waals surface area (Å²) in [5.74, 6) is -1.91. The molecule has 0 saturated carbocycles. The van der Waals surface area contributed by atoms with Crippen LogP contribution < -0.4 is 10.6 Å². The third kappa shape index (κ3) is 4.23. The topological polar surface area (TPSA) is 61.4 Å². The Morgan fingerprint density at radius 1 is 1.05 bits per heavy atom. The maximum atomic E-state index is 13.3. The van der Waals surface area contributed by atoms with Crippen molar-refractivity contribution >= 4 is 11.7 Å². The lowest BCUT2D eigenvalue weighted by atomic mass is 10.1. The summed E-state index contributed by atoms with van der Waals surface area (Å²) in [6.45, 7) is -0.172. The van der Waals surface area contributed by atoms with E-state index >= 15 is 0 Å². The minimum absolute atomic E-state index is 0.172. The second-order valence-corrected chi connectivity index (χ2v) is 4.53. The Balaban J connectivity index is 1.89. The number of anilines is 1. The molecule has 0 spiro atoms.